The molecule has 0 unspecified atom stereocenters. The molecule has 1 saturated heterocycles. The van der Waals surface area contributed by atoms with Crippen LogP contribution in [0.25, 0.3) is 0 Å². The molecular formula is C15H19N3O5. The standard InChI is InChI=1S/C15H19N3O5/c1-15(2)9-10-7-12(18(21)22)11(8-13(10)23-15)16-3-5-17(6-4-16)14(19)20/h7-8H,3-6,9H2,1-2H3,(H,19,20). The molecule has 1 aromatic rings. The molecule has 8 nitrogen and oxygen atoms in total. The van der Waals surface area contributed by atoms with Gasteiger partial charge in [0.05, 0.1) is 4.92 Å². The fraction of sp³-hybridized carbons (Fsp3) is 0.533. The monoisotopic (exact) mass is 321 g/mol. The Balaban J connectivity index is 1.91. The van der Waals surface area contributed by atoms with Crippen LogP contribution in [0.5, 0.6) is 5.75 Å². The van der Waals surface area contributed by atoms with Crippen LogP contribution in [0.1, 0.15) is 19.4 Å². The molecule has 0 atom stereocenters. The largest absolute Gasteiger partial charge is 0.487 e. The van der Waals surface area contributed by atoms with Crippen LogP contribution in [0.3, 0.4) is 0 Å². The van der Waals surface area contributed by atoms with E-state index in [0.29, 0.717) is 44.0 Å². The first-order valence-corrected chi connectivity index (χ1v) is 7.50. The molecule has 1 aromatic carbocycles. The molecule has 0 aliphatic carbocycles. The van der Waals surface area contributed by atoms with E-state index in [1.54, 1.807) is 12.1 Å². The Kier molecular flexibility index (Phi) is 3.54. The molecule has 1 N–H and O–H groups in total. The zero-order chi connectivity index (χ0) is 16.8. The van der Waals surface area contributed by atoms with E-state index in [4.69, 9.17) is 9.84 Å². The van der Waals surface area contributed by atoms with Crippen LogP contribution in [0.15, 0.2) is 12.1 Å². The number of benzene rings is 1. The predicted octanol–water partition coefficient (Wildman–Crippen LogP) is 2.11. The maximum Gasteiger partial charge on any atom is 0.407 e. The van der Waals surface area contributed by atoms with Gasteiger partial charge in [0, 0.05) is 50.3 Å². The molecule has 23 heavy (non-hydrogen) atoms. The molecule has 1 amide bonds. The van der Waals surface area contributed by atoms with Crippen molar-refractivity contribution in [1.82, 2.24) is 4.90 Å². The predicted molar refractivity (Wildman–Crippen MR) is 83.3 cm³/mol. The topological polar surface area (TPSA) is 96.2 Å². The number of anilines is 1. The minimum Gasteiger partial charge on any atom is -0.487 e. The first kappa shape index (κ1) is 15.4. The van der Waals surface area contributed by atoms with Crippen LogP contribution < -0.4 is 9.64 Å². The van der Waals surface area contributed by atoms with Crippen molar-refractivity contribution in [2.45, 2.75) is 25.9 Å². The van der Waals surface area contributed by atoms with Gasteiger partial charge < -0.3 is 19.6 Å². The zero-order valence-corrected chi connectivity index (χ0v) is 13.1. The number of carbonyl (C=O) groups is 1. The van der Waals surface area contributed by atoms with Crippen LogP contribution >= 0.6 is 0 Å². The number of piperazine rings is 1. The highest BCUT2D eigenvalue weighted by molar-refractivity contribution is 5.70. The number of carboxylic acid groups (broad SMARTS) is 1. The smallest absolute Gasteiger partial charge is 0.407 e. The van der Waals surface area contributed by atoms with E-state index in [1.165, 1.54) is 4.90 Å². The van der Waals surface area contributed by atoms with E-state index >= 15 is 0 Å². The van der Waals surface area contributed by atoms with Crippen molar-refractivity contribution in [2.75, 3.05) is 31.1 Å². The summed E-state index contributed by atoms with van der Waals surface area (Å²) < 4.78 is 5.87. The van der Waals surface area contributed by atoms with Crippen molar-refractivity contribution in [1.29, 1.82) is 0 Å². The minimum atomic E-state index is -0.960. The quantitative estimate of drug-likeness (QED) is 0.662. The van der Waals surface area contributed by atoms with Crippen LogP contribution in [-0.2, 0) is 6.42 Å². The molecular weight excluding hydrogens is 302 g/mol. The lowest BCUT2D eigenvalue weighted by molar-refractivity contribution is -0.384. The molecule has 2 heterocycles. The average molecular weight is 321 g/mol. The lowest BCUT2D eigenvalue weighted by Crippen LogP contribution is -2.48. The zero-order valence-electron chi connectivity index (χ0n) is 13.1. The van der Waals surface area contributed by atoms with Gasteiger partial charge in [0.25, 0.3) is 5.69 Å². The number of rotatable bonds is 2. The maximum atomic E-state index is 11.4. The van der Waals surface area contributed by atoms with Crippen molar-refractivity contribution in [3.05, 3.63) is 27.8 Å². The average Bonchev–Trinajstić information content (AvgIpc) is 2.78. The highest BCUT2D eigenvalue weighted by Crippen LogP contribution is 2.42. The molecule has 0 aromatic heterocycles. The lowest BCUT2D eigenvalue weighted by Gasteiger charge is -2.34. The number of ether oxygens (including phenoxy) is 1. The Morgan fingerprint density at radius 2 is 1.96 bits per heavy atom. The molecule has 1 fully saturated rings. The van der Waals surface area contributed by atoms with Crippen molar-refractivity contribution >= 4 is 17.5 Å². The van der Waals surface area contributed by atoms with Crippen molar-refractivity contribution in [3.8, 4) is 5.75 Å². The number of nitro groups is 1. The van der Waals surface area contributed by atoms with Crippen molar-refractivity contribution in [3.63, 3.8) is 0 Å². The van der Waals surface area contributed by atoms with Gasteiger partial charge in [-0.3, -0.25) is 10.1 Å². The Hall–Kier alpha value is -2.51. The maximum absolute atomic E-state index is 11.4. The molecule has 0 saturated carbocycles. The summed E-state index contributed by atoms with van der Waals surface area (Å²) in [5.74, 6) is 0.677. The van der Waals surface area contributed by atoms with Gasteiger partial charge >= 0.3 is 6.09 Å². The van der Waals surface area contributed by atoms with Gasteiger partial charge in [-0.2, -0.15) is 0 Å². The van der Waals surface area contributed by atoms with Gasteiger partial charge in [0.1, 0.15) is 17.0 Å². The van der Waals surface area contributed by atoms with Crippen molar-refractivity contribution < 1.29 is 19.6 Å². The van der Waals surface area contributed by atoms with E-state index in [2.05, 4.69) is 0 Å². The summed E-state index contributed by atoms with van der Waals surface area (Å²) in [5.41, 5.74) is 1.02. The van der Waals surface area contributed by atoms with Gasteiger partial charge in [0.2, 0.25) is 0 Å². The molecule has 0 radical (unpaired) electrons. The number of hydrogen-bond acceptors (Lipinski definition) is 5. The third-order valence-electron chi connectivity index (χ3n) is 4.25. The van der Waals surface area contributed by atoms with E-state index in [1.807, 2.05) is 18.7 Å². The summed E-state index contributed by atoms with van der Waals surface area (Å²) in [7, 11) is 0. The van der Waals surface area contributed by atoms with Gasteiger partial charge in [-0.15, -0.1) is 0 Å². The first-order valence-electron chi connectivity index (χ1n) is 7.50. The second-order valence-electron chi connectivity index (χ2n) is 6.50. The van der Waals surface area contributed by atoms with Gasteiger partial charge in [-0.05, 0) is 13.8 Å². The molecule has 3 rings (SSSR count). The van der Waals surface area contributed by atoms with Gasteiger partial charge in [-0.1, -0.05) is 0 Å². The van der Waals surface area contributed by atoms with Crippen LogP contribution in [0, 0.1) is 10.1 Å². The van der Waals surface area contributed by atoms with E-state index in [0.717, 1.165) is 5.56 Å². The summed E-state index contributed by atoms with van der Waals surface area (Å²) >= 11 is 0. The summed E-state index contributed by atoms with van der Waals surface area (Å²) in [6, 6.07) is 3.31. The van der Waals surface area contributed by atoms with Crippen LogP contribution in [-0.4, -0.2) is 52.8 Å². The second kappa shape index (κ2) is 5.29. The molecule has 0 bridgehead atoms. The Morgan fingerprint density at radius 3 is 2.52 bits per heavy atom. The summed E-state index contributed by atoms with van der Waals surface area (Å²) in [6.45, 7) is 5.41. The lowest BCUT2D eigenvalue weighted by atomic mass is 10.0. The molecule has 2 aliphatic heterocycles. The Labute approximate surface area is 133 Å². The fourth-order valence-corrected chi connectivity index (χ4v) is 3.16. The summed E-state index contributed by atoms with van der Waals surface area (Å²) in [4.78, 5) is 25.2. The van der Waals surface area contributed by atoms with E-state index < -0.39 is 6.09 Å². The summed E-state index contributed by atoms with van der Waals surface area (Å²) in [6.07, 6.45) is -0.325. The number of amides is 1. The number of nitrogens with zero attached hydrogens (tertiary/aromatic N) is 3. The molecule has 124 valence electrons. The van der Waals surface area contributed by atoms with Gasteiger partial charge in [0.15, 0.2) is 0 Å². The SMILES string of the molecule is CC1(C)Cc2cc([N+](=O)[O-])c(N3CCN(C(=O)O)CC3)cc2O1. The number of hydrogen-bond donors (Lipinski definition) is 1. The fourth-order valence-electron chi connectivity index (χ4n) is 3.16. The molecule has 0 spiro atoms. The number of nitro benzene ring substituents is 1. The van der Waals surface area contributed by atoms with Gasteiger partial charge in [-0.25, -0.2) is 4.79 Å². The molecule has 8 heteroatoms. The van der Waals surface area contributed by atoms with E-state index in [9.17, 15) is 14.9 Å². The third-order valence-corrected chi connectivity index (χ3v) is 4.25. The first-order chi connectivity index (χ1) is 10.8. The Bertz CT molecular complexity index is 665. The third kappa shape index (κ3) is 2.88. The summed E-state index contributed by atoms with van der Waals surface area (Å²) in [5, 5.41) is 20.4. The highest BCUT2D eigenvalue weighted by Gasteiger charge is 2.34. The normalized spacial score (nSPS) is 19.2. The molecule has 2 aliphatic rings. The van der Waals surface area contributed by atoms with Crippen LogP contribution in [0.2, 0.25) is 0 Å². The second-order valence-corrected chi connectivity index (χ2v) is 6.50. The number of fused-ring (bicyclic) bond motifs is 1. The highest BCUT2D eigenvalue weighted by atomic mass is 16.6. The van der Waals surface area contributed by atoms with Crippen LogP contribution in [0.4, 0.5) is 16.2 Å². The Morgan fingerprint density at radius 1 is 1.30 bits per heavy atom. The van der Waals surface area contributed by atoms with E-state index in [-0.39, 0.29) is 16.2 Å². The minimum absolute atomic E-state index is 0.0498. The van der Waals surface area contributed by atoms with Crippen molar-refractivity contribution in [2.24, 2.45) is 0 Å².